The van der Waals surface area contributed by atoms with Crippen LogP contribution in [0.4, 0.5) is 4.39 Å². The molecule has 0 fully saturated rings. The van der Waals surface area contributed by atoms with Gasteiger partial charge >= 0.3 is 0 Å². The summed E-state index contributed by atoms with van der Waals surface area (Å²) in [5, 5.41) is 2.32. The van der Waals surface area contributed by atoms with Crippen molar-refractivity contribution in [1.29, 1.82) is 0 Å². The lowest BCUT2D eigenvalue weighted by atomic mass is 10.2. The SMILES string of the molecule is CC(NC(=O)c1ccccc1F)C(=O)NN. The fraction of sp³-hybridized carbons (Fsp3) is 0.200. The molecular weight excluding hydrogens is 213 g/mol. The maximum absolute atomic E-state index is 13.2. The van der Waals surface area contributed by atoms with E-state index < -0.39 is 23.7 Å². The van der Waals surface area contributed by atoms with Gasteiger partial charge in [-0.05, 0) is 19.1 Å². The van der Waals surface area contributed by atoms with E-state index in [2.05, 4.69) is 5.32 Å². The van der Waals surface area contributed by atoms with Gasteiger partial charge in [0, 0.05) is 0 Å². The van der Waals surface area contributed by atoms with Crippen LogP contribution in [0.1, 0.15) is 17.3 Å². The van der Waals surface area contributed by atoms with Crippen molar-refractivity contribution in [1.82, 2.24) is 10.7 Å². The molecule has 1 aromatic rings. The minimum Gasteiger partial charge on any atom is -0.340 e. The molecule has 86 valence electrons. The molecule has 0 aromatic heterocycles. The van der Waals surface area contributed by atoms with Crippen LogP contribution in [0.3, 0.4) is 0 Å². The summed E-state index contributed by atoms with van der Waals surface area (Å²) in [7, 11) is 0. The van der Waals surface area contributed by atoms with Gasteiger partial charge in [-0.1, -0.05) is 12.1 Å². The van der Waals surface area contributed by atoms with Crippen LogP contribution < -0.4 is 16.6 Å². The van der Waals surface area contributed by atoms with Crippen LogP contribution in [-0.2, 0) is 4.79 Å². The second-order valence-electron chi connectivity index (χ2n) is 3.18. The van der Waals surface area contributed by atoms with Crippen LogP contribution in [0.5, 0.6) is 0 Å². The molecular formula is C10H12FN3O2. The first kappa shape index (κ1) is 12.1. The Morgan fingerprint density at radius 1 is 1.38 bits per heavy atom. The zero-order valence-corrected chi connectivity index (χ0v) is 8.66. The number of carbonyl (C=O) groups excluding carboxylic acids is 2. The van der Waals surface area contributed by atoms with Crippen LogP contribution in [0.25, 0.3) is 0 Å². The van der Waals surface area contributed by atoms with Crippen LogP contribution >= 0.6 is 0 Å². The number of benzene rings is 1. The summed E-state index contributed by atoms with van der Waals surface area (Å²) in [5.74, 6) is 3.04. The van der Waals surface area contributed by atoms with E-state index in [1.165, 1.54) is 31.2 Å². The van der Waals surface area contributed by atoms with Crippen LogP contribution in [0.15, 0.2) is 24.3 Å². The molecule has 2 amide bonds. The molecule has 0 radical (unpaired) electrons. The number of amides is 2. The first-order valence-corrected chi connectivity index (χ1v) is 4.62. The number of halogens is 1. The molecule has 0 spiro atoms. The Morgan fingerprint density at radius 3 is 2.56 bits per heavy atom. The number of nitrogens with one attached hydrogen (secondary N) is 2. The van der Waals surface area contributed by atoms with Crippen molar-refractivity contribution in [3.8, 4) is 0 Å². The Hall–Kier alpha value is -1.95. The molecule has 0 aliphatic heterocycles. The second-order valence-corrected chi connectivity index (χ2v) is 3.18. The predicted octanol–water partition coefficient (Wildman–Crippen LogP) is -0.0661. The highest BCUT2D eigenvalue weighted by Gasteiger charge is 2.17. The van der Waals surface area contributed by atoms with Gasteiger partial charge < -0.3 is 5.32 Å². The first-order chi connectivity index (χ1) is 7.56. The maximum Gasteiger partial charge on any atom is 0.256 e. The number of hydrogen-bond acceptors (Lipinski definition) is 3. The van der Waals surface area contributed by atoms with Gasteiger partial charge in [-0.3, -0.25) is 15.0 Å². The molecule has 0 bridgehead atoms. The molecule has 1 rings (SSSR count). The van der Waals surface area contributed by atoms with Gasteiger partial charge in [0.15, 0.2) is 0 Å². The minimum absolute atomic E-state index is 0.112. The zero-order valence-electron chi connectivity index (χ0n) is 8.66. The number of rotatable bonds is 3. The standard InChI is InChI=1S/C10H12FN3O2/c1-6(9(15)14-12)13-10(16)7-4-2-3-5-8(7)11/h2-6H,12H2,1H3,(H,13,16)(H,14,15). The Kier molecular flexibility index (Phi) is 3.96. The number of carbonyl (C=O) groups is 2. The fourth-order valence-corrected chi connectivity index (χ4v) is 1.11. The average Bonchev–Trinajstić information content (AvgIpc) is 2.28. The molecule has 1 unspecified atom stereocenters. The molecule has 6 heteroatoms. The fourth-order valence-electron chi connectivity index (χ4n) is 1.11. The third kappa shape index (κ3) is 2.77. The van der Waals surface area contributed by atoms with Gasteiger partial charge in [0.25, 0.3) is 11.8 Å². The molecule has 0 saturated heterocycles. The van der Waals surface area contributed by atoms with Gasteiger partial charge in [0.2, 0.25) is 0 Å². The van der Waals surface area contributed by atoms with Crippen molar-refractivity contribution in [2.75, 3.05) is 0 Å². The molecule has 0 aliphatic carbocycles. The summed E-state index contributed by atoms with van der Waals surface area (Å²) in [6, 6.07) is 4.69. The molecule has 5 nitrogen and oxygen atoms in total. The van der Waals surface area contributed by atoms with Crippen molar-refractivity contribution < 1.29 is 14.0 Å². The number of hydrazine groups is 1. The summed E-state index contributed by atoms with van der Waals surface area (Å²) in [6.07, 6.45) is 0. The summed E-state index contributed by atoms with van der Waals surface area (Å²) >= 11 is 0. The normalized spacial score (nSPS) is 11.7. The second kappa shape index (κ2) is 5.22. The van der Waals surface area contributed by atoms with E-state index in [0.717, 1.165) is 0 Å². The quantitative estimate of drug-likeness (QED) is 0.382. The topological polar surface area (TPSA) is 84.2 Å². The van der Waals surface area contributed by atoms with Gasteiger partial charge in [-0.25, -0.2) is 10.2 Å². The van der Waals surface area contributed by atoms with Crippen LogP contribution in [0.2, 0.25) is 0 Å². The third-order valence-electron chi connectivity index (χ3n) is 2.00. The van der Waals surface area contributed by atoms with E-state index in [-0.39, 0.29) is 5.56 Å². The van der Waals surface area contributed by atoms with Crippen molar-refractivity contribution in [3.63, 3.8) is 0 Å². The van der Waals surface area contributed by atoms with Crippen molar-refractivity contribution >= 4 is 11.8 Å². The van der Waals surface area contributed by atoms with Gasteiger partial charge in [-0.2, -0.15) is 0 Å². The zero-order chi connectivity index (χ0) is 12.1. The molecule has 1 aromatic carbocycles. The number of nitrogens with two attached hydrogens (primary N) is 1. The summed E-state index contributed by atoms with van der Waals surface area (Å²) in [6.45, 7) is 1.45. The third-order valence-corrected chi connectivity index (χ3v) is 2.00. The van der Waals surface area contributed by atoms with Gasteiger partial charge in [0.1, 0.15) is 11.9 Å². The van der Waals surface area contributed by atoms with E-state index >= 15 is 0 Å². The smallest absolute Gasteiger partial charge is 0.256 e. The van der Waals surface area contributed by atoms with Crippen molar-refractivity contribution in [2.24, 2.45) is 5.84 Å². The summed E-state index contributed by atoms with van der Waals surface area (Å²) < 4.78 is 13.2. The lowest BCUT2D eigenvalue weighted by Crippen LogP contribution is -2.47. The molecule has 1 atom stereocenters. The van der Waals surface area contributed by atoms with Crippen molar-refractivity contribution in [2.45, 2.75) is 13.0 Å². The average molecular weight is 225 g/mol. The minimum atomic E-state index is -0.822. The van der Waals surface area contributed by atoms with E-state index in [4.69, 9.17) is 5.84 Å². The first-order valence-electron chi connectivity index (χ1n) is 4.62. The Morgan fingerprint density at radius 2 is 2.00 bits per heavy atom. The van der Waals surface area contributed by atoms with Gasteiger partial charge in [0.05, 0.1) is 5.56 Å². The summed E-state index contributed by atoms with van der Waals surface area (Å²) in [5.41, 5.74) is 1.78. The molecule has 0 aliphatic rings. The largest absolute Gasteiger partial charge is 0.340 e. The number of hydrogen-bond donors (Lipinski definition) is 3. The molecule has 4 N–H and O–H groups in total. The monoisotopic (exact) mass is 225 g/mol. The van der Waals surface area contributed by atoms with Crippen LogP contribution in [0, 0.1) is 5.82 Å². The van der Waals surface area contributed by atoms with Gasteiger partial charge in [-0.15, -0.1) is 0 Å². The molecule has 16 heavy (non-hydrogen) atoms. The highest BCUT2D eigenvalue weighted by Crippen LogP contribution is 2.06. The van der Waals surface area contributed by atoms with E-state index in [0.29, 0.717) is 0 Å². The molecule has 0 heterocycles. The summed E-state index contributed by atoms with van der Waals surface area (Å²) in [4.78, 5) is 22.5. The highest BCUT2D eigenvalue weighted by atomic mass is 19.1. The Balaban J connectivity index is 2.73. The highest BCUT2D eigenvalue weighted by molar-refractivity contribution is 5.97. The lowest BCUT2D eigenvalue weighted by Gasteiger charge is -2.12. The maximum atomic E-state index is 13.2. The van der Waals surface area contributed by atoms with Crippen molar-refractivity contribution in [3.05, 3.63) is 35.6 Å². The predicted molar refractivity (Wildman–Crippen MR) is 55.7 cm³/mol. The Bertz CT molecular complexity index is 409. The van der Waals surface area contributed by atoms with E-state index in [9.17, 15) is 14.0 Å². The molecule has 0 saturated carbocycles. The Labute approximate surface area is 91.8 Å². The van der Waals surface area contributed by atoms with E-state index in [1.807, 2.05) is 5.43 Å². The van der Waals surface area contributed by atoms with E-state index in [1.54, 1.807) is 0 Å². The van der Waals surface area contributed by atoms with Crippen LogP contribution in [-0.4, -0.2) is 17.9 Å². The lowest BCUT2D eigenvalue weighted by molar-refractivity contribution is -0.122.